The molecule has 0 bridgehead atoms. The number of rotatable bonds is 5. The Morgan fingerprint density at radius 2 is 2.20 bits per heavy atom. The predicted octanol–water partition coefficient (Wildman–Crippen LogP) is 2.26. The number of hydrogen-bond acceptors (Lipinski definition) is 3. The molecule has 4 heteroatoms. The first-order valence-corrected chi connectivity index (χ1v) is 5.96. The number of carbonyl (C=O) groups excluding carboxylic acids is 1. The first kappa shape index (κ1) is 11.9. The second kappa shape index (κ2) is 5.66. The molecule has 0 unspecified atom stereocenters. The van der Waals surface area contributed by atoms with Crippen LogP contribution in [0, 0.1) is 0 Å². The quantitative estimate of drug-likeness (QED) is 0.458. The van der Waals surface area contributed by atoms with E-state index in [1.54, 1.807) is 23.9 Å². The number of unbranched alkanes of at least 4 members (excludes halogenated alkanes) is 1. The molecule has 0 spiro atoms. The lowest BCUT2D eigenvalue weighted by Crippen LogP contribution is -2.11. The molecule has 82 valence electrons. The van der Waals surface area contributed by atoms with Crippen LogP contribution >= 0.6 is 11.8 Å². The van der Waals surface area contributed by atoms with E-state index in [0.717, 1.165) is 10.6 Å². The van der Waals surface area contributed by atoms with Gasteiger partial charge >= 0.3 is 0 Å². The van der Waals surface area contributed by atoms with Gasteiger partial charge in [-0.15, -0.1) is 11.8 Å². The van der Waals surface area contributed by atoms with Gasteiger partial charge < -0.3 is 11.5 Å². The number of carbonyl (C=O) groups is 1. The minimum absolute atomic E-state index is 0.438. The molecular formula is C11H16N2OS. The van der Waals surface area contributed by atoms with E-state index in [-0.39, 0.29) is 0 Å². The number of primary amides is 1. The van der Waals surface area contributed by atoms with Gasteiger partial charge in [-0.3, -0.25) is 4.79 Å². The van der Waals surface area contributed by atoms with E-state index in [1.165, 1.54) is 12.8 Å². The molecule has 4 N–H and O–H groups in total. The van der Waals surface area contributed by atoms with Crippen molar-refractivity contribution in [2.75, 3.05) is 11.5 Å². The summed E-state index contributed by atoms with van der Waals surface area (Å²) in [4.78, 5) is 11.9. The Morgan fingerprint density at radius 3 is 2.73 bits per heavy atom. The van der Waals surface area contributed by atoms with Crippen molar-refractivity contribution in [3.8, 4) is 0 Å². The molecule has 1 aromatic rings. The smallest absolute Gasteiger partial charge is 0.248 e. The Hall–Kier alpha value is -1.16. The molecule has 3 nitrogen and oxygen atoms in total. The topological polar surface area (TPSA) is 69.1 Å². The summed E-state index contributed by atoms with van der Waals surface area (Å²) in [6, 6.07) is 5.21. The third-order valence-corrected chi connectivity index (χ3v) is 3.23. The molecule has 0 aliphatic rings. The van der Waals surface area contributed by atoms with E-state index >= 15 is 0 Å². The van der Waals surface area contributed by atoms with Crippen LogP contribution in [0.5, 0.6) is 0 Å². The molecule has 0 aromatic heterocycles. The van der Waals surface area contributed by atoms with Gasteiger partial charge in [-0.2, -0.15) is 0 Å². The number of thioether (sulfide) groups is 1. The highest BCUT2D eigenvalue weighted by atomic mass is 32.2. The fourth-order valence-electron chi connectivity index (χ4n) is 1.16. The van der Waals surface area contributed by atoms with Crippen molar-refractivity contribution in [2.45, 2.75) is 24.7 Å². The Labute approximate surface area is 94.2 Å². The zero-order chi connectivity index (χ0) is 11.3. The normalized spacial score (nSPS) is 10.2. The second-order valence-corrected chi connectivity index (χ2v) is 4.46. The third kappa shape index (κ3) is 3.47. The maximum atomic E-state index is 10.9. The van der Waals surface area contributed by atoms with Crippen molar-refractivity contribution in [1.29, 1.82) is 0 Å². The van der Waals surface area contributed by atoms with Gasteiger partial charge in [0.05, 0.1) is 0 Å². The van der Waals surface area contributed by atoms with Crippen LogP contribution in [-0.4, -0.2) is 11.7 Å². The van der Waals surface area contributed by atoms with E-state index in [2.05, 4.69) is 6.92 Å². The van der Waals surface area contributed by atoms with Crippen molar-refractivity contribution in [3.05, 3.63) is 23.8 Å². The zero-order valence-corrected chi connectivity index (χ0v) is 9.64. The van der Waals surface area contributed by atoms with Gasteiger partial charge in [0.25, 0.3) is 0 Å². The number of anilines is 1. The average Bonchev–Trinajstić information content (AvgIpc) is 2.20. The first-order chi connectivity index (χ1) is 7.15. The third-order valence-electron chi connectivity index (χ3n) is 2.05. The van der Waals surface area contributed by atoms with Crippen LogP contribution in [0.3, 0.4) is 0 Å². The lowest BCUT2D eigenvalue weighted by Gasteiger charge is -2.05. The Morgan fingerprint density at radius 1 is 1.47 bits per heavy atom. The summed E-state index contributed by atoms with van der Waals surface area (Å²) >= 11 is 1.71. The van der Waals surface area contributed by atoms with Crippen molar-refractivity contribution >= 4 is 23.4 Å². The molecule has 1 aromatic carbocycles. The summed E-state index contributed by atoms with van der Waals surface area (Å²) in [6.07, 6.45) is 2.34. The second-order valence-electron chi connectivity index (χ2n) is 3.32. The lowest BCUT2D eigenvalue weighted by atomic mass is 10.2. The van der Waals surface area contributed by atoms with Crippen LogP contribution in [0.4, 0.5) is 5.69 Å². The number of benzene rings is 1. The maximum absolute atomic E-state index is 10.9. The fourth-order valence-corrected chi connectivity index (χ4v) is 2.20. The highest BCUT2D eigenvalue weighted by Gasteiger charge is 2.04. The van der Waals surface area contributed by atoms with Gasteiger partial charge in [0.1, 0.15) is 0 Å². The van der Waals surface area contributed by atoms with Crippen LogP contribution in [0.1, 0.15) is 30.1 Å². The van der Waals surface area contributed by atoms with Crippen molar-refractivity contribution in [2.24, 2.45) is 5.73 Å². The predicted molar refractivity (Wildman–Crippen MR) is 65.0 cm³/mol. The monoisotopic (exact) mass is 224 g/mol. The van der Waals surface area contributed by atoms with E-state index in [9.17, 15) is 4.79 Å². The lowest BCUT2D eigenvalue weighted by molar-refractivity contribution is 0.100. The first-order valence-electron chi connectivity index (χ1n) is 4.97. The highest BCUT2D eigenvalue weighted by Crippen LogP contribution is 2.26. The van der Waals surface area contributed by atoms with Crippen LogP contribution < -0.4 is 11.5 Å². The van der Waals surface area contributed by atoms with Gasteiger partial charge in [0, 0.05) is 16.1 Å². The Balaban J connectivity index is 2.70. The van der Waals surface area contributed by atoms with Crippen molar-refractivity contribution in [3.63, 3.8) is 0 Å². The standard InChI is InChI=1S/C11H16N2OS/c1-2-3-6-15-10-5-4-8(11(13)14)7-9(10)12/h4-5,7H,2-3,6,12H2,1H3,(H2,13,14). The van der Waals surface area contributed by atoms with E-state index in [1.807, 2.05) is 6.07 Å². The largest absolute Gasteiger partial charge is 0.398 e. The van der Waals surface area contributed by atoms with Gasteiger partial charge in [-0.1, -0.05) is 13.3 Å². The number of nitrogens with two attached hydrogens (primary N) is 2. The van der Waals surface area contributed by atoms with Crippen LogP contribution in [-0.2, 0) is 0 Å². The number of nitrogen functional groups attached to an aromatic ring is 1. The molecule has 0 radical (unpaired) electrons. The molecule has 0 saturated heterocycles. The molecule has 0 fully saturated rings. The maximum Gasteiger partial charge on any atom is 0.248 e. The Bertz CT molecular complexity index is 352. The van der Waals surface area contributed by atoms with Gasteiger partial charge in [-0.25, -0.2) is 0 Å². The highest BCUT2D eigenvalue weighted by molar-refractivity contribution is 7.99. The zero-order valence-electron chi connectivity index (χ0n) is 8.82. The SMILES string of the molecule is CCCCSc1ccc(C(N)=O)cc1N. The van der Waals surface area contributed by atoms with E-state index < -0.39 is 5.91 Å². The number of hydrogen-bond donors (Lipinski definition) is 2. The fraction of sp³-hybridized carbons (Fsp3) is 0.364. The molecule has 15 heavy (non-hydrogen) atoms. The average molecular weight is 224 g/mol. The summed E-state index contributed by atoms with van der Waals surface area (Å²) < 4.78 is 0. The van der Waals surface area contributed by atoms with Crippen LogP contribution in [0.25, 0.3) is 0 Å². The van der Waals surface area contributed by atoms with Crippen LogP contribution in [0.2, 0.25) is 0 Å². The molecule has 0 saturated carbocycles. The Kier molecular flexibility index (Phi) is 4.49. The van der Waals surface area contributed by atoms with Crippen molar-refractivity contribution in [1.82, 2.24) is 0 Å². The summed E-state index contributed by atoms with van der Waals surface area (Å²) in [6.45, 7) is 2.15. The van der Waals surface area contributed by atoms with E-state index in [0.29, 0.717) is 11.3 Å². The van der Waals surface area contributed by atoms with Crippen LogP contribution in [0.15, 0.2) is 23.1 Å². The van der Waals surface area contributed by atoms with Gasteiger partial charge in [-0.05, 0) is 30.4 Å². The minimum atomic E-state index is -0.438. The molecule has 0 heterocycles. The summed E-state index contributed by atoms with van der Waals surface area (Å²) in [5.41, 5.74) is 12.1. The number of amides is 1. The molecule has 0 aliphatic carbocycles. The van der Waals surface area contributed by atoms with Gasteiger partial charge in [0.15, 0.2) is 0 Å². The molecule has 0 aliphatic heterocycles. The van der Waals surface area contributed by atoms with Crippen molar-refractivity contribution < 1.29 is 4.79 Å². The molecular weight excluding hydrogens is 208 g/mol. The summed E-state index contributed by atoms with van der Waals surface area (Å²) in [5.74, 6) is 0.614. The summed E-state index contributed by atoms with van der Waals surface area (Å²) in [7, 11) is 0. The summed E-state index contributed by atoms with van der Waals surface area (Å²) in [5, 5.41) is 0. The molecule has 1 amide bonds. The van der Waals surface area contributed by atoms with Gasteiger partial charge in [0.2, 0.25) is 5.91 Å². The molecule has 1 rings (SSSR count). The molecule has 0 atom stereocenters. The van der Waals surface area contributed by atoms with E-state index in [4.69, 9.17) is 11.5 Å². The minimum Gasteiger partial charge on any atom is -0.398 e.